The van der Waals surface area contributed by atoms with E-state index in [4.69, 9.17) is 0 Å². The van der Waals surface area contributed by atoms with Crippen LogP contribution < -0.4 is 11.0 Å². The molecule has 26 heavy (non-hydrogen) atoms. The lowest BCUT2D eigenvalue weighted by Crippen LogP contribution is -2.14. The summed E-state index contributed by atoms with van der Waals surface area (Å²) in [5.41, 5.74) is 3.91. The van der Waals surface area contributed by atoms with E-state index < -0.39 is 5.69 Å². The number of benzene rings is 2. The summed E-state index contributed by atoms with van der Waals surface area (Å²) >= 11 is 0. The van der Waals surface area contributed by atoms with Gasteiger partial charge in [0.15, 0.2) is 5.65 Å². The van der Waals surface area contributed by atoms with E-state index >= 15 is 0 Å². The summed E-state index contributed by atoms with van der Waals surface area (Å²) in [7, 11) is 0. The smallest absolute Gasteiger partial charge is 0.325 e. The van der Waals surface area contributed by atoms with Crippen LogP contribution in [0.15, 0.2) is 53.3 Å². The molecule has 0 unspecified atom stereocenters. The van der Waals surface area contributed by atoms with E-state index in [2.05, 4.69) is 20.5 Å². The monoisotopic (exact) mass is 349 g/mol. The summed E-state index contributed by atoms with van der Waals surface area (Å²) in [6.07, 6.45) is 0. The molecule has 0 saturated heterocycles. The van der Waals surface area contributed by atoms with Crippen LogP contribution in [0.25, 0.3) is 16.9 Å². The van der Waals surface area contributed by atoms with Gasteiger partial charge in [0.2, 0.25) is 5.95 Å². The van der Waals surface area contributed by atoms with Gasteiger partial charge in [0.25, 0.3) is 0 Å². The highest BCUT2D eigenvalue weighted by molar-refractivity contribution is 5.68. The highest BCUT2D eigenvalue weighted by atomic mass is 19.1. The minimum absolute atomic E-state index is 0.289. The van der Waals surface area contributed by atoms with Crippen molar-refractivity contribution in [3.05, 3.63) is 76.0 Å². The van der Waals surface area contributed by atoms with Crippen molar-refractivity contribution < 1.29 is 4.39 Å². The highest BCUT2D eigenvalue weighted by Crippen LogP contribution is 2.23. The molecule has 4 rings (SSSR count). The lowest BCUT2D eigenvalue weighted by molar-refractivity contribution is 0.619. The van der Waals surface area contributed by atoms with Gasteiger partial charge in [-0.25, -0.2) is 23.7 Å². The standard InChI is InChI=1S/C19H16FN5O/c1-11-3-5-13(6-4-11)16-10-17-23-24-19(26)25(17)18(22-16)21-14-7-8-15(20)12(2)9-14/h3-10H,1-2H3,(H,21,22)(H,24,26). The van der Waals surface area contributed by atoms with Gasteiger partial charge in [-0.05, 0) is 37.6 Å². The minimum Gasteiger partial charge on any atom is -0.325 e. The van der Waals surface area contributed by atoms with Gasteiger partial charge >= 0.3 is 5.69 Å². The van der Waals surface area contributed by atoms with E-state index in [9.17, 15) is 9.18 Å². The summed E-state index contributed by atoms with van der Waals surface area (Å²) in [4.78, 5) is 16.7. The van der Waals surface area contributed by atoms with E-state index in [-0.39, 0.29) is 5.82 Å². The predicted octanol–water partition coefficient (Wildman–Crippen LogP) is 3.58. The number of aryl methyl sites for hydroxylation is 2. The van der Waals surface area contributed by atoms with Crippen molar-refractivity contribution in [2.24, 2.45) is 0 Å². The zero-order valence-electron chi connectivity index (χ0n) is 14.2. The van der Waals surface area contributed by atoms with Crippen molar-refractivity contribution in [3.63, 3.8) is 0 Å². The first kappa shape index (κ1) is 16.0. The molecule has 7 heteroatoms. The number of rotatable bonds is 3. The second-order valence-corrected chi connectivity index (χ2v) is 6.14. The third kappa shape index (κ3) is 2.83. The zero-order valence-corrected chi connectivity index (χ0v) is 14.2. The van der Waals surface area contributed by atoms with E-state index in [0.717, 1.165) is 11.1 Å². The van der Waals surface area contributed by atoms with Crippen LogP contribution in [0, 0.1) is 19.7 Å². The lowest BCUT2D eigenvalue weighted by atomic mass is 10.1. The first-order chi connectivity index (χ1) is 12.5. The summed E-state index contributed by atoms with van der Waals surface area (Å²) in [5, 5.41) is 9.56. The molecule has 2 heterocycles. The van der Waals surface area contributed by atoms with Crippen LogP contribution in [0.5, 0.6) is 0 Å². The number of hydrogen-bond acceptors (Lipinski definition) is 4. The predicted molar refractivity (Wildman–Crippen MR) is 98.2 cm³/mol. The topological polar surface area (TPSA) is 75.1 Å². The Labute approximate surface area is 148 Å². The number of halogens is 1. The molecule has 2 N–H and O–H groups in total. The van der Waals surface area contributed by atoms with Gasteiger partial charge in [-0.2, -0.15) is 5.10 Å². The maximum Gasteiger partial charge on any atom is 0.350 e. The maximum absolute atomic E-state index is 13.5. The molecule has 2 aromatic heterocycles. The molecule has 0 aliphatic carbocycles. The van der Waals surface area contributed by atoms with Gasteiger partial charge in [-0.15, -0.1) is 0 Å². The third-order valence-electron chi connectivity index (χ3n) is 4.16. The van der Waals surface area contributed by atoms with Crippen LogP contribution in [0.2, 0.25) is 0 Å². The molecule has 0 atom stereocenters. The molecule has 0 aliphatic rings. The van der Waals surface area contributed by atoms with Crippen LogP contribution in [0.4, 0.5) is 16.0 Å². The molecular weight excluding hydrogens is 333 g/mol. The lowest BCUT2D eigenvalue weighted by Gasteiger charge is -2.10. The Hall–Kier alpha value is -3.48. The molecule has 0 amide bonds. The molecule has 0 spiro atoms. The molecule has 0 fully saturated rings. The van der Waals surface area contributed by atoms with Gasteiger partial charge in [0.05, 0.1) is 5.69 Å². The molecule has 0 saturated carbocycles. The number of anilines is 2. The summed E-state index contributed by atoms with van der Waals surface area (Å²) in [6, 6.07) is 14.3. The third-order valence-corrected chi connectivity index (χ3v) is 4.16. The number of H-pyrrole nitrogens is 1. The largest absolute Gasteiger partial charge is 0.350 e. The molecule has 0 bridgehead atoms. The van der Waals surface area contributed by atoms with Crippen molar-refractivity contribution in [1.29, 1.82) is 0 Å². The normalized spacial score (nSPS) is 11.0. The van der Waals surface area contributed by atoms with Gasteiger partial charge in [-0.1, -0.05) is 29.8 Å². The Morgan fingerprint density at radius 1 is 1.08 bits per heavy atom. The molecule has 2 aromatic carbocycles. The molecule has 0 aliphatic heterocycles. The average Bonchev–Trinajstić information content (AvgIpc) is 3.00. The zero-order chi connectivity index (χ0) is 18.3. The Bertz CT molecular complexity index is 1160. The highest BCUT2D eigenvalue weighted by Gasteiger charge is 2.12. The summed E-state index contributed by atoms with van der Waals surface area (Å²) < 4.78 is 14.9. The first-order valence-electron chi connectivity index (χ1n) is 8.10. The number of aromatic amines is 1. The van der Waals surface area contributed by atoms with Crippen molar-refractivity contribution in [1.82, 2.24) is 19.6 Å². The number of hydrogen-bond donors (Lipinski definition) is 2. The van der Waals surface area contributed by atoms with Crippen molar-refractivity contribution in [2.45, 2.75) is 13.8 Å². The number of fused-ring (bicyclic) bond motifs is 1. The van der Waals surface area contributed by atoms with Crippen LogP contribution in [0.3, 0.4) is 0 Å². The molecule has 4 aromatic rings. The Kier molecular flexibility index (Phi) is 3.76. The fourth-order valence-electron chi connectivity index (χ4n) is 2.74. The average molecular weight is 349 g/mol. The van der Waals surface area contributed by atoms with Crippen LogP contribution >= 0.6 is 0 Å². The SMILES string of the molecule is Cc1ccc(-c2cc3n[nH]c(=O)n3c(Nc3ccc(F)c(C)c3)n2)cc1. The Morgan fingerprint density at radius 3 is 2.58 bits per heavy atom. The Morgan fingerprint density at radius 2 is 1.85 bits per heavy atom. The first-order valence-corrected chi connectivity index (χ1v) is 8.10. The quantitative estimate of drug-likeness (QED) is 0.593. The Balaban J connectivity index is 1.86. The van der Waals surface area contributed by atoms with Gasteiger partial charge in [0, 0.05) is 17.3 Å². The van der Waals surface area contributed by atoms with E-state index in [1.54, 1.807) is 25.1 Å². The molecule has 0 radical (unpaired) electrons. The summed E-state index contributed by atoms with van der Waals surface area (Å²) in [6.45, 7) is 3.69. The van der Waals surface area contributed by atoms with Crippen molar-refractivity contribution in [2.75, 3.05) is 5.32 Å². The van der Waals surface area contributed by atoms with Gasteiger partial charge in [0.1, 0.15) is 5.82 Å². The number of nitrogens with one attached hydrogen (secondary N) is 2. The second-order valence-electron chi connectivity index (χ2n) is 6.14. The van der Waals surface area contributed by atoms with Crippen LogP contribution in [0.1, 0.15) is 11.1 Å². The van der Waals surface area contributed by atoms with Crippen LogP contribution in [-0.4, -0.2) is 19.6 Å². The van der Waals surface area contributed by atoms with Gasteiger partial charge in [-0.3, -0.25) is 0 Å². The van der Waals surface area contributed by atoms with Crippen molar-refractivity contribution in [3.8, 4) is 11.3 Å². The maximum atomic E-state index is 13.5. The van der Waals surface area contributed by atoms with E-state index in [1.807, 2.05) is 31.2 Å². The summed E-state index contributed by atoms with van der Waals surface area (Å²) in [5.74, 6) is 0.0189. The number of nitrogens with zero attached hydrogens (tertiary/aromatic N) is 3. The fraction of sp³-hybridized carbons (Fsp3) is 0.105. The minimum atomic E-state index is -0.399. The van der Waals surface area contributed by atoms with Gasteiger partial charge < -0.3 is 5.32 Å². The molecule has 130 valence electrons. The molecular formula is C19H16FN5O. The fourth-order valence-corrected chi connectivity index (χ4v) is 2.74. The number of aromatic nitrogens is 4. The second kappa shape index (κ2) is 6.11. The van der Waals surface area contributed by atoms with E-state index in [0.29, 0.717) is 28.5 Å². The van der Waals surface area contributed by atoms with E-state index in [1.165, 1.54) is 10.5 Å². The van der Waals surface area contributed by atoms with Crippen molar-refractivity contribution >= 4 is 17.3 Å². The molecule has 6 nitrogen and oxygen atoms in total. The van der Waals surface area contributed by atoms with Crippen LogP contribution in [-0.2, 0) is 0 Å².